The van der Waals surface area contributed by atoms with Gasteiger partial charge in [0.25, 0.3) is 0 Å². The van der Waals surface area contributed by atoms with Gasteiger partial charge < -0.3 is 55.6 Å². The minimum Gasteiger partial charge on any atom is -0.413 e. The highest BCUT2D eigenvalue weighted by atomic mass is 31.3. The predicted octanol–water partition coefficient (Wildman–Crippen LogP) is 26.9. The third-order valence-corrected chi connectivity index (χ3v) is 28.2. The molecule has 0 amide bonds. The number of rotatable bonds is 72. The van der Waals surface area contributed by atoms with Gasteiger partial charge >= 0.3 is 23.0 Å². The van der Waals surface area contributed by atoms with Crippen LogP contribution in [-0.4, -0.2) is 157 Å². The van der Waals surface area contributed by atoms with Crippen molar-refractivity contribution in [1.82, 2.24) is 0 Å². The smallest absolute Gasteiger partial charge is 0.413 e. The number of hydrogen-bond donors (Lipinski definition) is 0. The Hall–Kier alpha value is -17.8. The van der Waals surface area contributed by atoms with Crippen LogP contribution in [0.1, 0.15) is 33.4 Å². The molecule has 6 aromatic rings. The van der Waals surface area contributed by atoms with Crippen molar-refractivity contribution < 1.29 is 55.6 Å². The van der Waals surface area contributed by atoms with Crippen molar-refractivity contribution in [3.05, 3.63) is 367 Å². The van der Waals surface area contributed by atoms with Gasteiger partial charge in [-0.2, -0.15) is 0 Å². The van der Waals surface area contributed by atoms with Crippen LogP contribution in [0.15, 0.2) is 251 Å². The Labute approximate surface area is 811 Å². The molecule has 7 rings (SSSR count). The molecule has 1 heterocycles. The summed E-state index contributed by atoms with van der Waals surface area (Å²) in [6.45, 7) is -8.82. The summed E-state index contributed by atoms with van der Waals surface area (Å²) < 4.78 is 97.0. The van der Waals surface area contributed by atoms with Crippen LogP contribution in [0.3, 0.4) is 0 Å². The fraction of sp³-hybridized carbons (Fsp3) is 0.500. The molecule has 69 nitrogen and oxygen atoms in total. The van der Waals surface area contributed by atoms with Crippen LogP contribution in [0.2, 0.25) is 0 Å². The first-order chi connectivity index (χ1) is 70.2. The van der Waals surface area contributed by atoms with E-state index in [9.17, 15) is 99.6 Å². The van der Waals surface area contributed by atoms with Gasteiger partial charge in [0.2, 0.25) is 0 Å². The van der Waals surface area contributed by atoms with E-state index in [0.717, 1.165) is 0 Å². The number of ether oxygens (including phenoxy) is 6. The summed E-state index contributed by atoms with van der Waals surface area (Å²) in [6.07, 6.45) is 0. The summed E-state index contributed by atoms with van der Waals surface area (Å²) in [5.74, 6) is -0.531. The molecule has 0 saturated heterocycles. The normalized spacial score (nSPS) is 16.2. The Bertz CT molecular complexity index is 5170. The topological polar surface area (TPSA) is 1030 Å². The number of nitrogens with zero attached hydrogens (tertiary/aromatic N) is 57. The van der Waals surface area contributed by atoms with Crippen molar-refractivity contribution in [3.63, 3.8) is 0 Å². The minimum atomic E-state index is -5.05. The van der Waals surface area contributed by atoms with Crippen molar-refractivity contribution in [1.29, 1.82) is 0 Å². The van der Waals surface area contributed by atoms with E-state index < -0.39 is 55.5 Å². The van der Waals surface area contributed by atoms with Crippen LogP contribution in [0.5, 0.6) is 34.5 Å². The standard InChI is InChI=1S/C72H84N57O12P3/c73-109-91-31-67(32-92-110-74,33-93-111-75)49-130-25-55-1-13-61(14-2-55)136-142(137-62-15-3-56(4-16-62)26-131-50-68(34-94-112-76,35-95-113-77)36-96-114-78)127-143(138-63-17-5-57(6-18-63)27-132-51-69(37-97-115-79,38-98-116-80)39-99-117-81,139-64-19-7-58(8-20-64)28-133-52-70(40-100-118-82,41-101-119-83)42-102-120-84)129-144(128-142,140-65-21-9-59(10-22-65)29-134-53-71(43-103-121-85,44-104-122-86)45-105-123-87)141-66-23-11-60(12-24-66)30-135-54-72(46-106-124-88,47-107-125-89)48-108-126-90/h1-24H,25-54H2. The fourth-order valence-corrected chi connectivity index (χ4v) is 21.8. The number of azide groups is 18. The molecular weight excluding hydrogens is 1950 g/mol. The molecule has 1 aliphatic rings. The largest absolute Gasteiger partial charge is 0.460 e. The van der Waals surface area contributed by atoms with Crippen molar-refractivity contribution in [2.24, 2.45) is 138 Å². The van der Waals surface area contributed by atoms with E-state index >= 15 is 0 Å². The van der Waals surface area contributed by atoms with Crippen molar-refractivity contribution in [3.8, 4) is 34.5 Å². The summed E-state index contributed by atoms with van der Waals surface area (Å²) in [5, 5.41) is 66.1. The van der Waals surface area contributed by atoms with Gasteiger partial charge in [-0.1, -0.05) is 178 Å². The second-order valence-corrected chi connectivity index (χ2v) is 37.3. The van der Waals surface area contributed by atoms with Gasteiger partial charge in [0.05, 0.1) is 79.3 Å². The molecule has 0 saturated carbocycles. The highest BCUT2D eigenvalue weighted by molar-refractivity contribution is 7.79. The van der Waals surface area contributed by atoms with Crippen molar-refractivity contribution in [2.75, 3.05) is 157 Å². The molecule has 72 heteroatoms. The highest BCUT2D eigenvalue weighted by Crippen LogP contribution is 2.79. The van der Waals surface area contributed by atoms with Gasteiger partial charge in [-0.15, -0.1) is 0 Å². The van der Waals surface area contributed by atoms with E-state index in [-0.39, 0.29) is 232 Å². The molecule has 0 bridgehead atoms. The van der Waals surface area contributed by atoms with E-state index in [2.05, 4.69) is 180 Å². The summed E-state index contributed by atoms with van der Waals surface area (Å²) >= 11 is 0. The molecule has 744 valence electrons. The van der Waals surface area contributed by atoms with E-state index in [4.69, 9.17) is 69.1 Å². The second-order valence-electron chi connectivity index (χ2n) is 31.1. The molecule has 0 aliphatic carbocycles. The van der Waals surface area contributed by atoms with Crippen LogP contribution in [0, 0.1) is 32.5 Å². The predicted molar refractivity (Wildman–Crippen MR) is 515 cm³/mol. The first-order valence-electron chi connectivity index (χ1n) is 41.4. The van der Waals surface area contributed by atoms with Gasteiger partial charge in [0.1, 0.15) is 34.5 Å². The first-order valence-corrected chi connectivity index (χ1v) is 46.0. The van der Waals surface area contributed by atoms with Crippen LogP contribution in [-0.2, 0) is 68.1 Å². The Morgan fingerprint density at radius 1 is 0.167 bits per heavy atom. The molecule has 6 aromatic carbocycles. The average molecular weight is 2030 g/mol. The SMILES string of the molecule is [N-]=[N+]=NCC(CN=[N+]=[N-])(CN=[N+]=[N-])COCc1ccc(OP2(Oc3ccc(COCC(CN=[N+]=[N-])(CN=[N+]=[N-])CN=[N+]=[N-])cc3)=NP(Oc3ccc(COCC(CN=[N+]=[N-])(CN=[N+]=[N-])CN=[N+]=[N-])cc3)(Oc3ccc(COCC(CN=[N+]=[N-])(CN=[N+]=[N-])CN=[N+]=[N-])cc3)=NP(Oc3ccc(COCC(CN=[N+]=[N-])(CN=[N+]=[N-])CN=[N+]=[N-])cc3)(Oc3ccc(COCC(CN=[N+]=[N-])(CN=[N+]=[N-])CN=[N+]=[N-])cc3)=N2)cc1. The van der Waals surface area contributed by atoms with Gasteiger partial charge in [-0.3, -0.25) is 0 Å². The molecule has 0 N–H and O–H groups in total. The van der Waals surface area contributed by atoms with E-state index in [1.54, 1.807) is 72.8 Å². The second kappa shape index (κ2) is 61.5. The zero-order valence-electron chi connectivity index (χ0n) is 75.8. The lowest BCUT2D eigenvalue weighted by molar-refractivity contribution is 0.0458. The maximum absolute atomic E-state index is 9.38. The maximum Gasteiger partial charge on any atom is 0.460 e. The maximum atomic E-state index is 9.38. The lowest BCUT2D eigenvalue weighted by Gasteiger charge is -2.33. The van der Waals surface area contributed by atoms with Crippen LogP contribution >= 0.6 is 23.0 Å². The lowest BCUT2D eigenvalue weighted by atomic mass is 9.89. The van der Waals surface area contributed by atoms with Gasteiger partial charge in [-0.25, -0.2) is 0 Å². The van der Waals surface area contributed by atoms with Crippen molar-refractivity contribution in [2.45, 2.75) is 39.6 Å². The average Bonchev–Trinajstić information content (AvgIpc) is 0.726. The van der Waals surface area contributed by atoms with Gasteiger partial charge in [0, 0.05) is 239 Å². The Morgan fingerprint density at radius 3 is 0.354 bits per heavy atom. The summed E-state index contributed by atoms with van der Waals surface area (Å²) in [4.78, 5) is 51.3. The Balaban J connectivity index is 1.60. The molecule has 0 unspecified atom stereocenters. The molecule has 0 fully saturated rings. The third kappa shape index (κ3) is 38.2. The summed E-state index contributed by atoms with van der Waals surface area (Å²) in [7, 11) is -15.2. The quantitative estimate of drug-likeness (QED) is 0.0149. The highest BCUT2D eigenvalue weighted by Gasteiger charge is 2.50. The minimum absolute atomic E-state index is 0.0885. The van der Waals surface area contributed by atoms with Crippen LogP contribution in [0.4, 0.5) is 0 Å². The Morgan fingerprint density at radius 2 is 0.264 bits per heavy atom. The number of benzene rings is 6. The fourth-order valence-electron chi connectivity index (χ4n) is 12.8. The van der Waals surface area contributed by atoms with Gasteiger partial charge in [-0.05, 0) is 206 Å². The lowest BCUT2D eigenvalue weighted by Crippen LogP contribution is -2.36. The monoisotopic (exact) mass is 2030 g/mol. The molecule has 144 heavy (non-hydrogen) atoms. The zero-order valence-corrected chi connectivity index (χ0v) is 78.5. The molecule has 0 spiro atoms. The number of hydrogen-bond acceptors (Lipinski definition) is 33. The third-order valence-electron chi connectivity index (χ3n) is 20.1. The first kappa shape index (κ1) is 113. The Kier molecular flexibility index (Phi) is 48.3. The summed E-state index contributed by atoms with van der Waals surface area (Å²) in [5.41, 5.74) is 164. The van der Waals surface area contributed by atoms with E-state index in [0.29, 0.717) is 33.4 Å². The molecule has 1 aliphatic heterocycles. The van der Waals surface area contributed by atoms with Gasteiger partial charge in [0.15, 0.2) is 0 Å². The molecule has 0 radical (unpaired) electrons. The zero-order chi connectivity index (χ0) is 104. The van der Waals surface area contributed by atoms with Crippen molar-refractivity contribution >= 4 is 23.0 Å². The van der Waals surface area contributed by atoms with Crippen LogP contribution < -0.4 is 27.1 Å². The summed E-state index contributed by atoms with van der Waals surface area (Å²) in [6, 6.07) is 36.4. The van der Waals surface area contributed by atoms with E-state index in [1.165, 1.54) is 72.8 Å². The van der Waals surface area contributed by atoms with Crippen LogP contribution in [0.25, 0.3) is 188 Å². The van der Waals surface area contributed by atoms with E-state index in [1.807, 2.05) is 0 Å². The molecule has 0 aromatic heterocycles. The molecular formula is C72H84N57O12P3. The molecule has 0 atom stereocenters.